The molecule has 0 bridgehead atoms. The fraction of sp³-hybridized carbons (Fsp3) is 0.273. The first-order chi connectivity index (χ1) is 8.73. The van der Waals surface area contributed by atoms with E-state index in [9.17, 15) is 27.2 Å². The second kappa shape index (κ2) is 4.22. The lowest BCUT2D eigenvalue weighted by Gasteiger charge is -2.23. The van der Waals surface area contributed by atoms with Gasteiger partial charge in [-0.15, -0.1) is 0 Å². The molecule has 0 aromatic heterocycles. The maximum Gasteiger partial charge on any atom is 0.471 e. The molecule has 1 aliphatic rings. The summed E-state index contributed by atoms with van der Waals surface area (Å²) in [6.07, 6.45) is -5.71. The first-order valence-corrected chi connectivity index (χ1v) is 5.14. The molecule has 1 aromatic rings. The fourth-order valence-corrected chi connectivity index (χ4v) is 2.01. The summed E-state index contributed by atoms with van der Waals surface area (Å²) in [5.74, 6) is -4.77. The highest BCUT2D eigenvalue weighted by Gasteiger charge is 2.50. The number of carboxylic acids is 1. The molecular formula is C11H7F4NO3. The second-order valence-corrected chi connectivity index (χ2v) is 3.97. The summed E-state index contributed by atoms with van der Waals surface area (Å²) in [5.41, 5.74) is -0.553. The van der Waals surface area contributed by atoms with E-state index in [0.29, 0.717) is 0 Å². The van der Waals surface area contributed by atoms with Crippen molar-refractivity contribution in [2.45, 2.75) is 18.6 Å². The zero-order valence-corrected chi connectivity index (χ0v) is 9.24. The van der Waals surface area contributed by atoms with Crippen LogP contribution in [-0.4, -0.2) is 29.2 Å². The molecule has 1 aromatic carbocycles. The van der Waals surface area contributed by atoms with E-state index in [0.717, 1.165) is 18.2 Å². The Morgan fingerprint density at radius 1 is 1.32 bits per heavy atom. The van der Waals surface area contributed by atoms with Crippen LogP contribution >= 0.6 is 0 Å². The summed E-state index contributed by atoms with van der Waals surface area (Å²) in [4.78, 5) is 22.3. The number of alkyl halides is 3. The highest BCUT2D eigenvalue weighted by Crippen LogP contribution is 2.36. The molecule has 0 radical (unpaired) electrons. The number of carbonyl (C=O) groups is 2. The minimum atomic E-state index is -5.22. The summed E-state index contributed by atoms with van der Waals surface area (Å²) < 4.78 is 50.8. The molecule has 0 spiro atoms. The van der Waals surface area contributed by atoms with E-state index in [2.05, 4.69) is 0 Å². The number of fused-ring (bicyclic) bond motifs is 1. The Morgan fingerprint density at radius 2 is 1.95 bits per heavy atom. The third-order valence-corrected chi connectivity index (χ3v) is 2.81. The van der Waals surface area contributed by atoms with Crippen molar-refractivity contribution >= 4 is 17.6 Å². The number of carbonyl (C=O) groups excluding carboxylic acids is 1. The molecule has 1 unspecified atom stereocenters. The van der Waals surface area contributed by atoms with E-state index < -0.39 is 36.3 Å². The number of hydrogen-bond acceptors (Lipinski definition) is 2. The van der Waals surface area contributed by atoms with Crippen molar-refractivity contribution in [3.8, 4) is 0 Å². The molecule has 0 saturated carbocycles. The van der Waals surface area contributed by atoms with Crippen molar-refractivity contribution in [1.29, 1.82) is 0 Å². The number of amides is 1. The molecule has 4 nitrogen and oxygen atoms in total. The molecule has 1 aliphatic heterocycles. The van der Waals surface area contributed by atoms with Gasteiger partial charge in [0.05, 0.1) is 5.69 Å². The van der Waals surface area contributed by atoms with Crippen molar-refractivity contribution in [1.82, 2.24) is 0 Å². The third-order valence-electron chi connectivity index (χ3n) is 2.81. The maximum atomic E-state index is 13.4. The van der Waals surface area contributed by atoms with Gasteiger partial charge in [-0.3, -0.25) is 9.69 Å². The minimum Gasteiger partial charge on any atom is -0.480 e. The van der Waals surface area contributed by atoms with Crippen LogP contribution in [0.3, 0.4) is 0 Å². The Hall–Kier alpha value is -2.12. The van der Waals surface area contributed by atoms with Gasteiger partial charge in [-0.25, -0.2) is 9.18 Å². The average Bonchev–Trinajstić information content (AvgIpc) is 2.67. The van der Waals surface area contributed by atoms with Crippen LogP contribution in [0.4, 0.5) is 23.2 Å². The van der Waals surface area contributed by atoms with Crippen molar-refractivity contribution in [3.63, 3.8) is 0 Å². The smallest absolute Gasteiger partial charge is 0.471 e. The molecule has 102 valence electrons. The zero-order chi connectivity index (χ0) is 14.4. The van der Waals surface area contributed by atoms with Crippen LogP contribution in [0.15, 0.2) is 18.2 Å². The number of benzene rings is 1. The van der Waals surface area contributed by atoms with Crippen molar-refractivity contribution in [2.75, 3.05) is 4.90 Å². The molecule has 1 N–H and O–H groups in total. The first kappa shape index (κ1) is 13.3. The second-order valence-electron chi connectivity index (χ2n) is 3.97. The highest BCUT2D eigenvalue weighted by atomic mass is 19.4. The van der Waals surface area contributed by atoms with Gasteiger partial charge in [-0.05, 0) is 12.1 Å². The van der Waals surface area contributed by atoms with Crippen molar-refractivity contribution < 1.29 is 32.3 Å². The van der Waals surface area contributed by atoms with E-state index in [4.69, 9.17) is 5.11 Å². The molecule has 0 saturated heterocycles. The third kappa shape index (κ3) is 2.13. The van der Waals surface area contributed by atoms with Crippen LogP contribution in [0.2, 0.25) is 0 Å². The highest BCUT2D eigenvalue weighted by molar-refractivity contribution is 6.04. The van der Waals surface area contributed by atoms with E-state index in [1.807, 2.05) is 0 Å². The van der Waals surface area contributed by atoms with Gasteiger partial charge in [0, 0.05) is 12.0 Å². The van der Waals surface area contributed by atoms with Crippen LogP contribution in [0.25, 0.3) is 0 Å². The predicted octanol–water partition coefficient (Wildman–Crippen LogP) is 1.73. The molecule has 8 heteroatoms. The summed E-state index contributed by atoms with van der Waals surface area (Å²) in [7, 11) is 0. The standard InChI is InChI=1S/C11H7F4NO3/c12-6-2-1-3-7-5(6)4-8(9(17)18)16(7)10(19)11(13,14)15/h1-3,8H,4H2,(H,17,18). The first-order valence-electron chi connectivity index (χ1n) is 5.14. The van der Waals surface area contributed by atoms with Crippen LogP contribution in [0.1, 0.15) is 5.56 Å². The van der Waals surface area contributed by atoms with Gasteiger partial charge in [-0.1, -0.05) is 6.07 Å². The number of halogens is 4. The van der Waals surface area contributed by atoms with Gasteiger partial charge >= 0.3 is 18.1 Å². The molecule has 0 aliphatic carbocycles. The van der Waals surface area contributed by atoms with E-state index in [1.165, 1.54) is 0 Å². The van der Waals surface area contributed by atoms with Crippen LogP contribution in [0.5, 0.6) is 0 Å². The largest absolute Gasteiger partial charge is 0.480 e. The van der Waals surface area contributed by atoms with Gasteiger partial charge in [0.1, 0.15) is 11.9 Å². The fourth-order valence-electron chi connectivity index (χ4n) is 2.01. The lowest BCUT2D eigenvalue weighted by Crippen LogP contribution is -2.48. The number of rotatable bonds is 1. The number of anilines is 1. The SMILES string of the molecule is O=C(O)C1Cc2c(F)cccc2N1C(=O)C(F)(F)F. The lowest BCUT2D eigenvalue weighted by atomic mass is 10.1. The van der Waals surface area contributed by atoms with Crippen molar-refractivity contribution in [2.24, 2.45) is 0 Å². The molecule has 1 atom stereocenters. The lowest BCUT2D eigenvalue weighted by molar-refractivity contribution is -0.171. The van der Waals surface area contributed by atoms with Gasteiger partial charge < -0.3 is 5.11 Å². The Labute approximate surface area is 104 Å². The van der Waals surface area contributed by atoms with Crippen LogP contribution in [0, 0.1) is 5.82 Å². The van der Waals surface area contributed by atoms with Crippen molar-refractivity contribution in [3.05, 3.63) is 29.6 Å². The number of aliphatic carboxylic acids is 1. The Balaban J connectivity index is 2.53. The molecule has 19 heavy (non-hydrogen) atoms. The normalized spacial score (nSPS) is 18.3. The molecule has 1 heterocycles. The van der Waals surface area contributed by atoms with E-state index in [1.54, 1.807) is 0 Å². The maximum absolute atomic E-state index is 13.4. The predicted molar refractivity (Wildman–Crippen MR) is 55.1 cm³/mol. The Morgan fingerprint density at radius 3 is 2.47 bits per heavy atom. The summed E-state index contributed by atoms with van der Waals surface area (Å²) in [6, 6.07) is 1.46. The van der Waals surface area contributed by atoms with E-state index >= 15 is 0 Å². The van der Waals surface area contributed by atoms with Crippen LogP contribution < -0.4 is 4.90 Å². The Kier molecular flexibility index (Phi) is 2.95. The monoisotopic (exact) mass is 277 g/mol. The summed E-state index contributed by atoms with van der Waals surface area (Å²) in [6.45, 7) is 0. The number of hydrogen-bond donors (Lipinski definition) is 1. The van der Waals surface area contributed by atoms with Gasteiger partial charge in [0.15, 0.2) is 0 Å². The Bertz CT molecular complexity index is 555. The number of nitrogens with zero attached hydrogens (tertiary/aromatic N) is 1. The van der Waals surface area contributed by atoms with Gasteiger partial charge in [0.2, 0.25) is 0 Å². The quantitative estimate of drug-likeness (QED) is 0.795. The molecular weight excluding hydrogens is 270 g/mol. The van der Waals surface area contributed by atoms with Crippen LogP contribution in [-0.2, 0) is 16.0 Å². The molecule has 0 fully saturated rings. The summed E-state index contributed by atoms with van der Waals surface area (Å²) >= 11 is 0. The summed E-state index contributed by atoms with van der Waals surface area (Å²) in [5, 5.41) is 8.88. The van der Waals surface area contributed by atoms with Gasteiger partial charge in [-0.2, -0.15) is 13.2 Å². The zero-order valence-electron chi connectivity index (χ0n) is 9.24. The average molecular weight is 277 g/mol. The van der Waals surface area contributed by atoms with Gasteiger partial charge in [0.25, 0.3) is 0 Å². The number of carboxylic acid groups (broad SMARTS) is 1. The topological polar surface area (TPSA) is 57.6 Å². The van der Waals surface area contributed by atoms with E-state index in [-0.39, 0.29) is 16.2 Å². The minimum absolute atomic E-state index is 0.0841. The molecule has 1 amide bonds. The molecule has 2 rings (SSSR count).